The third-order valence-corrected chi connectivity index (χ3v) is 5.04. The van der Waals surface area contributed by atoms with Gasteiger partial charge in [-0.1, -0.05) is 30.4 Å². The minimum absolute atomic E-state index is 0.0732. The van der Waals surface area contributed by atoms with Crippen molar-refractivity contribution in [2.75, 3.05) is 0 Å². The molecule has 0 unspecified atom stereocenters. The molecule has 0 radical (unpaired) electrons. The Morgan fingerprint density at radius 1 is 0.600 bits per heavy atom. The van der Waals surface area contributed by atoms with Crippen molar-refractivity contribution >= 4 is 0 Å². The molecule has 3 rings (SSSR count). The van der Waals surface area contributed by atoms with E-state index >= 15 is 0 Å². The van der Waals surface area contributed by atoms with Crippen molar-refractivity contribution in [2.45, 2.75) is 19.3 Å². The van der Waals surface area contributed by atoms with Gasteiger partial charge in [0, 0.05) is 16.7 Å². The van der Waals surface area contributed by atoms with E-state index in [0.29, 0.717) is 36.0 Å². The molecule has 0 bridgehead atoms. The lowest BCUT2D eigenvalue weighted by Crippen LogP contribution is -1.92. The number of allylic oxidation sites excluding steroid dienone is 3. The van der Waals surface area contributed by atoms with Crippen LogP contribution in [0.3, 0.4) is 0 Å². The minimum Gasteiger partial charge on any atom is -0.508 e. The third kappa shape index (κ3) is 4.31. The number of rotatable bonds is 8. The summed E-state index contributed by atoms with van der Waals surface area (Å²) in [6.07, 6.45) is 7.12. The molecule has 0 atom stereocenters. The van der Waals surface area contributed by atoms with Crippen LogP contribution in [0.2, 0.25) is 0 Å². The first kappa shape index (κ1) is 21.0. The van der Waals surface area contributed by atoms with Gasteiger partial charge in [0.05, 0.1) is 0 Å². The predicted molar refractivity (Wildman–Crippen MR) is 124 cm³/mol. The van der Waals surface area contributed by atoms with Crippen molar-refractivity contribution in [1.29, 1.82) is 0 Å². The van der Waals surface area contributed by atoms with Gasteiger partial charge in [-0.2, -0.15) is 0 Å². The van der Waals surface area contributed by atoms with Gasteiger partial charge in [-0.05, 0) is 77.9 Å². The van der Waals surface area contributed by atoms with Crippen molar-refractivity contribution in [3.8, 4) is 39.5 Å². The van der Waals surface area contributed by atoms with Crippen LogP contribution in [0.15, 0.2) is 86.5 Å². The molecule has 0 spiro atoms. The molecule has 0 aliphatic rings. The van der Waals surface area contributed by atoms with Gasteiger partial charge in [0.2, 0.25) is 0 Å². The summed E-state index contributed by atoms with van der Waals surface area (Å²) >= 11 is 0. The van der Waals surface area contributed by atoms with E-state index < -0.39 is 0 Å². The summed E-state index contributed by atoms with van der Waals surface area (Å²) in [5.41, 5.74) is 5.19. The molecule has 3 heteroatoms. The molecule has 3 aromatic rings. The average Bonchev–Trinajstić information content (AvgIpc) is 2.73. The summed E-state index contributed by atoms with van der Waals surface area (Å²) in [5.74, 6) is 0.359. The van der Waals surface area contributed by atoms with Gasteiger partial charge in [0.25, 0.3) is 0 Å². The molecule has 152 valence electrons. The van der Waals surface area contributed by atoms with Gasteiger partial charge in [0.15, 0.2) is 0 Å². The predicted octanol–water partition coefficient (Wildman–Crippen LogP) is 6.32. The minimum atomic E-state index is 0.0732. The molecule has 0 aromatic heterocycles. The van der Waals surface area contributed by atoms with E-state index in [0.717, 1.165) is 22.3 Å². The van der Waals surface area contributed by atoms with Crippen LogP contribution in [0, 0.1) is 0 Å². The number of hydrogen-bond donors (Lipinski definition) is 3. The fourth-order valence-corrected chi connectivity index (χ4v) is 3.57. The highest BCUT2D eigenvalue weighted by Crippen LogP contribution is 2.43. The van der Waals surface area contributed by atoms with Crippen LogP contribution in [0.25, 0.3) is 22.3 Å². The van der Waals surface area contributed by atoms with Crippen LogP contribution < -0.4 is 0 Å². The van der Waals surface area contributed by atoms with Crippen LogP contribution in [-0.4, -0.2) is 15.3 Å². The number of phenolic OH excluding ortho intramolecular Hbond substituents is 3. The molecule has 3 aromatic carbocycles. The number of hydrogen-bond acceptors (Lipinski definition) is 3. The first-order chi connectivity index (χ1) is 14.5. The van der Waals surface area contributed by atoms with Gasteiger partial charge >= 0.3 is 0 Å². The van der Waals surface area contributed by atoms with Gasteiger partial charge in [-0.15, -0.1) is 19.7 Å². The van der Waals surface area contributed by atoms with E-state index in [1.54, 1.807) is 36.4 Å². The molecule has 0 aliphatic heterocycles. The summed E-state index contributed by atoms with van der Waals surface area (Å²) < 4.78 is 0. The van der Waals surface area contributed by atoms with Gasteiger partial charge in [-0.3, -0.25) is 0 Å². The lowest BCUT2D eigenvalue weighted by atomic mass is 9.91. The normalized spacial score (nSPS) is 10.5. The maximum Gasteiger partial charge on any atom is 0.131 e. The van der Waals surface area contributed by atoms with E-state index in [1.165, 1.54) is 0 Å². The lowest BCUT2D eigenvalue weighted by Gasteiger charge is -2.16. The third-order valence-electron chi connectivity index (χ3n) is 5.04. The largest absolute Gasteiger partial charge is 0.508 e. The Morgan fingerprint density at radius 3 is 1.90 bits per heavy atom. The van der Waals surface area contributed by atoms with E-state index in [4.69, 9.17) is 0 Å². The van der Waals surface area contributed by atoms with Crippen LogP contribution >= 0.6 is 0 Å². The van der Waals surface area contributed by atoms with Crippen molar-refractivity contribution in [2.24, 2.45) is 0 Å². The summed E-state index contributed by atoms with van der Waals surface area (Å²) in [5, 5.41) is 31.8. The zero-order chi connectivity index (χ0) is 21.7. The van der Waals surface area contributed by atoms with E-state index in [2.05, 4.69) is 19.7 Å². The molecule has 0 saturated heterocycles. The molecule has 0 amide bonds. The zero-order valence-electron chi connectivity index (χ0n) is 16.9. The Hall–Kier alpha value is -3.72. The van der Waals surface area contributed by atoms with E-state index in [-0.39, 0.29) is 17.2 Å². The summed E-state index contributed by atoms with van der Waals surface area (Å²) in [4.78, 5) is 0. The first-order valence-electron chi connectivity index (χ1n) is 9.81. The van der Waals surface area contributed by atoms with Crippen molar-refractivity contribution in [3.63, 3.8) is 0 Å². The molecule has 0 fully saturated rings. The first-order valence-corrected chi connectivity index (χ1v) is 9.81. The second-order valence-corrected chi connectivity index (χ2v) is 7.21. The fourth-order valence-electron chi connectivity index (χ4n) is 3.57. The van der Waals surface area contributed by atoms with Gasteiger partial charge in [-0.25, -0.2) is 0 Å². The van der Waals surface area contributed by atoms with Crippen LogP contribution in [0.5, 0.6) is 17.2 Å². The van der Waals surface area contributed by atoms with E-state index in [9.17, 15) is 15.3 Å². The summed E-state index contributed by atoms with van der Waals surface area (Å²) in [7, 11) is 0. The Labute approximate surface area is 177 Å². The van der Waals surface area contributed by atoms with Crippen molar-refractivity contribution in [3.05, 3.63) is 103 Å². The molecular formula is C27H26O3. The lowest BCUT2D eigenvalue weighted by molar-refractivity contribution is 0.468. The van der Waals surface area contributed by atoms with Crippen LogP contribution in [-0.2, 0) is 19.3 Å². The number of benzene rings is 3. The standard InChI is InChI=1S/C27H26O3/c1-4-7-18-10-12-26(29)23(14-18)24-16-19(8-5-2)15-22(27(24)30)20-11-13-25(28)21(17-20)9-6-3/h4-6,10-17,28-30H,1-3,7-9H2. The van der Waals surface area contributed by atoms with Crippen LogP contribution in [0.4, 0.5) is 0 Å². The Kier molecular flexibility index (Phi) is 6.43. The number of phenols is 3. The second-order valence-electron chi connectivity index (χ2n) is 7.21. The quantitative estimate of drug-likeness (QED) is 0.389. The average molecular weight is 399 g/mol. The van der Waals surface area contributed by atoms with Crippen molar-refractivity contribution in [1.82, 2.24) is 0 Å². The molecule has 3 N–H and O–H groups in total. The number of aromatic hydroxyl groups is 3. The van der Waals surface area contributed by atoms with E-state index in [1.807, 2.05) is 30.3 Å². The van der Waals surface area contributed by atoms with Crippen LogP contribution in [0.1, 0.15) is 16.7 Å². The summed E-state index contributed by atoms with van der Waals surface area (Å²) in [6.45, 7) is 11.3. The van der Waals surface area contributed by atoms with Gasteiger partial charge in [0.1, 0.15) is 17.2 Å². The highest BCUT2D eigenvalue weighted by Gasteiger charge is 2.17. The fraction of sp³-hybridized carbons (Fsp3) is 0.111. The molecule has 3 nitrogen and oxygen atoms in total. The molecule has 30 heavy (non-hydrogen) atoms. The maximum atomic E-state index is 11.2. The molecule has 0 aliphatic carbocycles. The highest BCUT2D eigenvalue weighted by molar-refractivity contribution is 5.85. The zero-order valence-corrected chi connectivity index (χ0v) is 16.9. The Morgan fingerprint density at radius 2 is 1.20 bits per heavy atom. The highest BCUT2D eigenvalue weighted by atomic mass is 16.3. The van der Waals surface area contributed by atoms with Gasteiger partial charge < -0.3 is 15.3 Å². The molecule has 0 heterocycles. The monoisotopic (exact) mass is 398 g/mol. The maximum absolute atomic E-state index is 11.2. The Bertz CT molecular complexity index is 1110. The smallest absolute Gasteiger partial charge is 0.131 e. The summed E-state index contributed by atoms with van der Waals surface area (Å²) in [6, 6.07) is 14.4. The Balaban J connectivity index is 2.24. The topological polar surface area (TPSA) is 60.7 Å². The molecule has 0 saturated carbocycles. The second kappa shape index (κ2) is 9.19. The SMILES string of the molecule is C=CCc1ccc(O)c(-c2cc(CC=C)cc(-c3ccc(O)c(CC=C)c3)c2O)c1. The van der Waals surface area contributed by atoms with Crippen molar-refractivity contribution < 1.29 is 15.3 Å². The molecular weight excluding hydrogens is 372 g/mol.